The zero-order valence-electron chi connectivity index (χ0n) is 12.4. The molecule has 21 heavy (non-hydrogen) atoms. The van der Waals surface area contributed by atoms with Crippen LogP contribution in [0.5, 0.6) is 0 Å². The van der Waals surface area contributed by atoms with E-state index < -0.39 is 17.6 Å². The molecular weight excluding hydrogens is 294 g/mol. The number of nitrogens with zero attached hydrogens (tertiary/aromatic N) is 1. The number of esters is 1. The lowest BCUT2D eigenvalue weighted by molar-refractivity contribution is -0.158. The summed E-state index contributed by atoms with van der Waals surface area (Å²) in [5, 5.41) is 2.32. The van der Waals surface area contributed by atoms with Gasteiger partial charge in [-0.2, -0.15) is 0 Å². The summed E-state index contributed by atoms with van der Waals surface area (Å²) in [7, 11) is 0. The van der Waals surface area contributed by atoms with Crippen molar-refractivity contribution in [3.63, 3.8) is 0 Å². The second-order valence-corrected chi connectivity index (χ2v) is 7.05. The Balaban J connectivity index is 2.35. The average Bonchev–Trinajstić information content (AvgIpc) is 2.34. The van der Waals surface area contributed by atoms with E-state index in [1.165, 1.54) is 23.6 Å². The molecule has 0 radical (unpaired) electrons. The molecule has 2 rings (SSSR count). The maximum atomic E-state index is 12.4. The molecule has 8 heteroatoms. The molecule has 116 valence electrons. The minimum atomic E-state index is -0.693. The molecule has 0 aliphatic carbocycles. The van der Waals surface area contributed by atoms with Crippen molar-refractivity contribution in [2.45, 2.75) is 44.7 Å². The molecule has 0 spiro atoms. The summed E-state index contributed by atoms with van der Waals surface area (Å²) in [4.78, 5) is 36.9. The zero-order chi connectivity index (χ0) is 15.9. The van der Waals surface area contributed by atoms with Gasteiger partial charge in [0.25, 0.3) is 0 Å². The van der Waals surface area contributed by atoms with Crippen molar-refractivity contribution in [1.29, 1.82) is 0 Å². The van der Waals surface area contributed by atoms with Gasteiger partial charge >= 0.3 is 5.97 Å². The molecule has 0 bridgehead atoms. The van der Waals surface area contributed by atoms with Gasteiger partial charge in [0.1, 0.15) is 17.0 Å². The first kappa shape index (κ1) is 15.8. The molecule has 0 aromatic carbocycles. The molecular formula is C13H19N3O4S. The zero-order valence-corrected chi connectivity index (χ0v) is 13.2. The highest BCUT2D eigenvalue weighted by Gasteiger charge is 2.52. The predicted octanol–water partition coefficient (Wildman–Crippen LogP) is -0.0818. The van der Waals surface area contributed by atoms with Gasteiger partial charge in [-0.1, -0.05) is 0 Å². The number of hydrogen-bond donors (Lipinski definition) is 2. The number of nitrogens with two attached hydrogens (primary N) is 1. The summed E-state index contributed by atoms with van der Waals surface area (Å²) in [6.45, 7) is 6.56. The van der Waals surface area contributed by atoms with Crippen molar-refractivity contribution in [2.75, 3.05) is 5.75 Å². The smallest absolute Gasteiger partial charge is 0.357 e. The minimum Gasteiger partial charge on any atom is -0.455 e. The van der Waals surface area contributed by atoms with Gasteiger partial charge in [0, 0.05) is 12.7 Å². The molecule has 2 aliphatic heterocycles. The van der Waals surface area contributed by atoms with E-state index >= 15 is 0 Å². The minimum absolute atomic E-state index is 0.0931. The number of β-lactam (4-membered cyclic amide) rings is 1. The van der Waals surface area contributed by atoms with Crippen molar-refractivity contribution in [3.8, 4) is 0 Å². The van der Waals surface area contributed by atoms with E-state index in [1.807, 2.05) is 0 Å². The third-order valence-electron chi connectivity index (χ3n) is 2.93. The van der Waals surface area contributed by atoms with Crippen molar-refractivity contribution in [2.24, 2.45) is 5.73 Å². The third-order valence-corrected chi connectivity index (χ3v) is 4.23. The van der Waals surface area contributed by atoms with E-state index in [0.717, 1.165) is 0 Å². The molecule has 1 saturated heterocycles. The summed E-state index contributed by atoms with van der Waals surface area (Å²) in [6, 6.07) is -0.619. The topological polar surface area (TPSA) is 102 Å². The first-order valence-electron chi connectivity index (χ1n) is 6.56. The number of thioether (sulfide) groups is 1. The molecule has 1 unspecified atom stereocenters. The van der Waals surface area contributed by atoms with Crippen LogP contribution in [0.15, 0.2) is 11.4 Å². The molecule has 2 aliphatic rings. The average molecular weight is 313 g/mol. The van der Waals surface area contributed by atoms with Gasteiger partial charge in [-0.25, -0.2) is 4.79 Å². The fraction of sp³-hybridized carbons (Fsp3) is 0.615. The van der Waals surface area contributed by atoms with Gasteiger partial charge in [0.05, 0.1) is 5.70 Å². The van der Waals surface area contributed by atoms with Crippen molar-refractivity contribution in [1.82, 2.24) is 10.2 Å². The van der Waals surface area contributed by atoms with Crippen LogP contribution in [-0.2, 0) is 19.1 Å². The first-order valence-corrected chi connectivity index (χ1v) is 7.61. The van der Waals surface area contributed by atoms with Crippen LogP contribution in [0.4, 0.5) is 0 Å². The summed E-state index contributed by atoms with van der Waals surface area (Å²) in [5.41, 5.74) is 5.53. The van der Waals surface area contributed by atoms with Crippen LogP contribution < -0.4 is 11.1 Å². The van der Waals surface area contributed by atoms with E-state index in [-0.39, 0.29) is 22.9 Å². The predicted molar refractivity (Wildman–Crippen MR) is 77.8 cm³/mol. The highest BCUT2D eigenvalue weighted by atomic mass is 32.2. The van der Waals surface area contributed by atoms with Crippen LogP contribution in [0.3, 0.4) is 0 Å². The molecule has 2 amide bonds. The largest absolute Gasteiger partial charge is 0.455 e. The molecule has 1 fully saturated rings. The molecule has 3 N–H and O–H groups in total. The third kappa shape index (κ3) is 3.06. The van der Waals surface area contributed by atoms with Gasteiger partial charge in [-0.3, -0.25) is 14.5 Å². The van der Waals surface area contributed by atoms with Crippen molar-refractivity contribution >= 4 is 29.5 Å². The van der Waals surface area contributed by atoms with E-state index in [0.29, 0.717) is 11.4 Å². The van der Waals surface area contributed by atoms with E-state index in [2.05, 4.69) is 5.32 Å². The normalized spacial score (nSPS) is 25.2. The highest BCUT2D eigenvalue weighted by molar-refractivity contribution is 8.00. The Morgan fingerprint density at radius 3 is 2.57 bits per heavy atom. The lowest BCUT2D eigenvalue weighted by atomic mass is 10.1. The summed E-state index contributed by atoms with van der Waals surface area (Å²) in [6.07, 6.45) is 0. The van der Waals surface area contributed by atoms with E-state index in [4.69, 9.17) is 10.5 Å². The number of fused-ring (bicyclic) bond motifs is 1. The summed E-state index contributed by atoms with van der Waals surface area (Å²) in [5.74, 6) is -0.869. The van der Waals surface area contributed by atoms with Crippen LogP contribution in [0.2, 0.25) is 0 Å². The van der Waals surface area contributed by atoms with Gasteiger partial charge in [-0.05, 0) is 20.8 Å². The molecule has 7 nitrogen and oxygen atoms in total. The number of carbonyl (C=O) groups is 3. The lowest BCUT2D eigenvalue weighted by Crippen LogP contribution is -2.69. The van der Waals surface area contributed by atoms with E-state index in [9.17, 15) is 14.4 Å². The number of nitrogens with one attached hydrogen (secondary N) is 1. The van der Waals surface area contributed by atoms with Gasteiger partial charge < -0.3 is 15.8 Å². The Bertz CT molecular complexity index is 538. The number of ether oxygens (including phenoxy) is 1. The quantitative estimate of drug-likeness (QED) is 0.546. The maximum Gasteiger partial charge on any atom is 0.357 e. The fourth-order valence-corrected chi connectivity index (χ4v) is 3.37. The Hall–Kier alpha value is -1.54. The standard InChI is InChI=1S/C13H19N3O4S/c1-6(17)15-7-5-21-11-8(14)10(18)16(11)9(7)12(19)20-13(2,3)4/h8,11H,5,14H2,1-4H3,(H,15,17)/t8?,11-/m1/s1. The summed E-state index contributed by atoms with van der Waals surface area (Å²) < 4.78 is 5.33. The maximum absolute atomic E-state index is 12.4. The first-order chi connectivity index (χ1) is 9.61. The fourth-order valence-electron chi connectivity index (χ4n) is 2.14. The molecule has 0 aromatic rings. The Morgan fingerprint density at radius 2 is 2.05 bits per heavy atom. The Morgan fingerprint density at radius 1 is 1.43 bits per heavy atom. The summed E-state index contributed by atoms with van der Waals surface area (Å²) >= 11 is 1.41. The Labute approximate surface area is 127 Å². The van der Waals surface area contributed by atoms with Gasteiger partial charge in [-0.15, -0.1) is 11.8 Å². The van der Waals surface area contributed by atoms with Crippen molar-refractivity contribution in [3.05, 3.63) is 11.4 Å². The number of rotatable bonds is 2. The van der Waals surface area contributed by atoms with Gasteiger partial charge in [0.15, 0.2) is 5.70 Å². The second-order valence-electron chi connectivity index (χ2n) is 5.95. The SMILES string of the molecule is CC(=O)NC1=C(C(=O)OC(C)(C)C)N2C(=O)C(N)[C@H]2SC1. The van der Waals surface area contributed by atoms with Crippen LogP contribution in [0.1, 0.15) is 27.7 Å². The monoisotopic (exact) mass is 313 g/mol. The number of amides is 2. The van der Waals surface area contributed by atoms with Crippen LogP contribution >= 0.6 is 11.8 Å². The molecule has 0 saturated carbocycles. The van der Waals surface area contributed by atoms with Crippen molar-refractivity contribution < 1.29 is 19.1 Å². The second kappa shape index (κ2) is 5.34. The number of hydrogen-bond acceptors (Lipinski definition) is 6. The van der Waals surface area contributed by atoms with Crippen LogP contribution in [0, 0.1) is 0 Å². The molecule has 2 atom stereocenters. The van der Waals surface area contributed by atoms with Crippen LogP contribution in [0.25, 0.3) is 0 Å². The Kier molecular flexibility index (Phi) is 4.03. The van der Waals surface area contributed by atoms with E-state index in [1.54, 1.807) is 20.8 Å². The highest BCUT2D eigenvalue weighted by Crippen LogP contribution is 2.39. The lowest BCUT2D eigenvalue weighted by Gasteiger charge is -2.48. The number of carbonyl (C=O) groups excluding carboxylic acids is 3. The van der Waals surface area contributed by atoms with Gasteiger partial charge in [0.2, 0.25) is 11.8 Å². The van der Waals surface area contributed by atoms with Crippen LogP contribution in [-0.4, -0.2) is 45.5 Å². The molecule has 0 aromatic heterocycles. The molecule has 2 heterocycles.